The molecular formula is C14H11N3O7S. The highest BCUT2D eigenvalue weighted by Gasteiger charge is 2.33. The Morgan fingerprint density at radius 1 is 1.20 bits per heavy atom. The molecule has 0 fully saturated rings. The highest BCUT2D eigenvalue weighted by atomic mass is 32.2. The summed E-state index contributed by atoms with van der Waals surface area (Å²) in [4.78, 5) is 45.7. The lowest BCUT2D eigenvalue weighted by atomic mass is 10.2. The van der Waals surface area contributed by atoms with Crippen molar-refractivity contribution in [1.29, 1.82) is 0 Å². The van der Waals surface area contributed by atoms with Gasteiger partial charge in [-0.1, -0.05) is 0 Å². The Morgan fingerprint density at radius 2 is 1.84 bits per heavy atom. The Balaban J connectivity index is 2.29. The fourth-order valence-electron chi connectivity index (χ4n) is 1.72. The number of nitrogens with zero attached hydrogens (tertiary/aromatic N) is 3. The number of ether oxygens (including phenoxy) is 2. The maximum atomic E-state index is 12.4. The van der Waals surface area contributed by atoms with Gasteiger partial charge in [-0.3, -0.25) is 14.9 Å². The Kier molecular flexibility index (Phi) is 5.49. The molecule has 1 aliphatic rings. The van der Waals surface area contributed by atoms with Gasteiger partial charge in [0.15, 0.2) is 5.71 Å². The van der Waals surface area contributed by atoms with E-state index < -0.39 is 22.8 Å². The van der Waals surface area contributed by atoms with E-state index in [-0.39, 0.29) is 21.9 Å². The molecule has 2 rings (SSSR count). The summed E-state index contributed by atoms with van der Waals surface area (Å²) in [5.41, 5.74) is -0.283. The lowest BCUT2D eigenvalue weighted by Gasteiger charge is -2.09. The molecule has 0 unspecified atom stereocenters. The quantitative estimate of drug-likeness (QED) is 0.257. The molecule has 0 aliphatic carbocycles. The number of hydrogen-bond acceptors (Lipinski definition) is 9. The number of rotatable bonds is 4. The molecule has 11 heteroatoms. The number of non-ortho nitro benzene ring substituents is 1. The van der Waals surface area contributed by atoms with Crippen molar-refractivity contribution in [2.75, 3.05) is 14.2 Å². The fraction of sp³-hybridized carbons (Fsp3) is 0.143. The van der Waals surface area contributed by atoms with Crippen LogP contribution in [0.4, 0.5) is 5.69 Å². The molecule has 0 saturated carbocycles. The molecule has 1 amide bonds. The number of carbonyl (C=O) groups is 3. The summed E-state index contributed by atoms with van der Waals surface area (Å²) in [7, 11) is 2.29. The fourth-order valence-corrected chi connectivity index (χ4v) is 2.58. The number of nitro benzene ring substituents is 1. The summed E-state index contributed by atoms with van der Waals surface area (Å²) in [5.74, 6) is -2.19. The minimum absolute atomic E-state index is 0.0777. The lowest BCUT2D eigenvalue weighted by molar-refractivity contribution is -0.384. The smallest absolute Gasteiger partial charge is 0.359 e. The Labute approximate surface area is 145 Å². The Hall–Kier alpha value is -3.21. The largest absolute Gasteiger partial charge is 0.466 e. The van der Waals surface area contributed by atoms with E-state index >= 15 is 0 Å². The first-order valence-electron chi connectivity index (χ1n) is 6.61. The highest BCUT2D eigenvalue weighted by molar-refractivity contribution is 8.02. The number of hydrogen-bond donors (Lipinski definition) is 0. The van der Waals surface area contributed by atoms with Crippen LogP contribution >= 0.6 is 11.9 Å². The predicted molar refractivity (Wildman–Crippen MR) is 86.4 cm³/mol. The molecule has 0 saturated heterocycles. The molecule has 0 bridgehead atoms. The molecule has 1 aliphatic heterocycles. The standard InChI is InChI=1S/C14H11N3O7S/c1-23-11(18)7-10-12(14(20)24-2)15-16(25-10)13(19)8-3-5-9(6-4-8)17(21)22/h3-7H,1-2H3/b10-7-. The molecule has 1 aromatic rings. The second-order valence-corrected chi connectivity index (χ2v) is 5.41. The normalized spacial score (nSPS) is 14.9. The third-order valence-electron chi connectivity index (χ3n) is 2.94. The van der Waals surface area contributed by atoms with E-state index in [9.17, 15) is 24.5 Å². The Morgan fingerprint density at radius 3 is 2.36 bits per heavy atom. The summed E-state index contributed by atoms with van der Waals surface area (Å²) in [6.07, 6.45) is 1.00. The molecule has 0 aromatic heterocycles. The van der Waals surface area contributed by atoms with Crippen molar-refractivity contribution < 1.29 is 28.8 Å². The SMILES string of the molecule is COC(=O)/C=C1\SN(C(=O)c2ccc([N+](=O)[O-])cc2)N=C1C(=O)OC. The zero-order valence-corrected chi connectivity index (χ0v) is 13.8. The molecule has 1 aromatic carbocycles. The Bertz CT molecular complexity index is 801. The van der Waals surface area contributed by atoms with E-state index in [0.717, 1.165) is 36.7 Å². The molecule has 0 atom stereocenters. The van der Waals surface area contributed by atoms with Gasteiger partial charge in [0, 0.05) is 35.7 Å². The molecule has 1 heterocycles. The number of carbonyl (C=O) groups excluding carboxylic acids is 3. The lowest BCUT2D eigenvalue weighted by Crippen LogP contribution is -2.18. The molecule has 130 valence electrons. The summed E-state index contributed by atoms with van der Waals surface area (Å²) < 4.78 is 9.93. The zero-order valence-electron chi connectivity index (χ0n) is 13.0. The average molecular weight is 365 g/mol. The molecule has 0 radical (unpaired) electrons. The first kappa shape index (κ1) is 18.1. The second-order valence-electron chi connectivity index (χ2n) is 4.45. The van der Waals surface area contributed by atoms with Crippen LogP contribution in [0.25, 0.3) is 0 Å². The van der Waals surface area contributed by atoms with Crippen molar-refractivity contribution in [2.45, 2.75) is 0 Å². The van der Waals surface area contributed by atoms with Gasteiger partial charge in [-0.2, -0.15) is 4.41 Å². The van der Waals surface area contributed by atoms with E-state index in [2.05, 4.69) is 14.6 Å². The number of amides is 1. The minimum atomic E-state index is -0.832. The van der Waals surface area contributed by atoms with E-state index in [1.54, 1.807) is 0 Å². The van der Waals surface area contributed by atoms with Crippen LogP contribution in [0.3, 0.4) is 0 Å². The van der Waals surface area contributed by atoms with Gasteiger partial charge >= 0.3 is 11.9 Å². The van der Waals surface area contributed by atoms with Gasteiger partial charge in [0.1, 0.15) is 0 Å². The van der Waals surface area contributed by atoms with Crippen LogP contribution in [0.2, 0.25) is 0 Å². The van der Waals surface area contributed by atoms with Crippen LogP contribution in [-0.4, -0.2) is 47.1 Å². The van der Waals surface area contributed by atoms with Crippen molar-refractivity contribution in [3.8, 4) is 0 Å². The van der Waals surface area contributed by atoms with E-state index in [4.69, 9.17) is 0 Å². The van der Waals surface area contributed by atoms with Gasteiger partial charge in [0.2, 0.25) is 0 Å². The van der Waals surface area contributed by atoms with Gasteiger partial charge in [0.05, 0.1) is 24.0 Å². The average Bonchev–Trinajstić information content (AvgIpc) is 3.04. The van der Waals surface area contributed by atoms with Crippen LogP contribution in [0.5, 0.6) is 0 Å². The third kappa shape index (κ3) is 4.01. The molecule has 0 N–H and O–H groups in total. The molecule has 25 heavy (non-hydrogen) atoms. The van der Waals surface area contributed by atoms with Gasteiger partial charge in [-0.05, 0) is 12.1 Å². The maximum absolute atomic E-state index is 12.4. The van der Waals surface area contributed by atoms with Crippen LogP contribution in [0, 0.1) is 10.1 Å². The zero-order chi connectivity index (χ0) is 18.6. The summed E-state index contributed by atoms with van der Waals surface area (Å²) in [6, 6.07) is 4.86. The minimum Gasteiger partial charge on any atom is -0.466 e. The van der Waals surface area contributed by atoms with Crippen LogP contribution < -0.4 is 0 Å². The highest BCUT2D eigenvalue weighted by Crippen LogP contribution is 2.32. The summed E-state index contributed by atoms with van der Waals surface area (Å²) in [5, 5.41) is 14.5. The number of esters is 2. The molecule has 10 nitrogen and oxygen atoms in total. The number of hydrazone groups is 1. The van der Waals surface area contributed by atoms with Crippen molar-refractivity contribution in [2.24, 2.45) is 5.10 Å². The van der Waals surface area contributed by atoms with Crippen LogP contribution in [0.1, 0.15) is 10.4 Å². The number of methoxy groups -OCH3 is 2. The van der Waals surface area contributed by atoms with Gasteiger partial charge in [0.25, 0.3) is 11.6 Å². The van der Waals surface area contributed by atoms with Crippen LogP contribution in [-0.2, 0) is 19.1 Å². The van der Waals surface area contributed by atoms with Crippen LogP contribution in [0.15, 0.2) is 40.3 Å². The first-order valence-corrected chi connectivity index (χ1v) is 7.38. The maximum Gasteiger partial charge on any atom is 0.359 e. The predicted octanol–water partition coefficient (Wildman–Crippen LogP) is 1.28. The number of benzene rings is 1. The van der Waals surface area contributed by atoms with Crippen molar-refractivity contribution in [3.05, 3.63) is 50.9 Å². The second kappa shape index (κ2) is 7.57. The van der Waals surface area contributed by atoms with Crippen molar-refractivity contribution >= 4 is 41.2 Å². The van der Waals surface area contributed by atoms with E-state index in [1.807, 2.05) is 0 Å². The third-order valence-corrected chi connectivity index (χ3v) is 3.87. The monoisotopic (exact) mass is 365 g/mol. The van der Waals surface area contributed by atoms with Crippen molar-refractivity contribution in [3.63, 3.8) is 0 Å². The van der Waals surface area contributed by atoms with Gasteiger partial charge in [-0.15, -0.1) is 5.10 Å². The van der Waals surface area contributed by atoms with Gasteiger partial charge < -0.3 is 9.47 Å². The summed E-state index contributed by atoms with van der Waals surface area (Å²) >= 11 is 0.725. The summed E-state index contributed by atoms with van der Waals surface area (Å²) in [6.45, 7) is 0. The van der Waals surface area contributed by atoms with E-state index in [0.29, 0.717) is 0 Å². The van der Waals surface area contributed by atoms with E-state index in [1.165, 1.54) is 24.3 Å². The van der Waals surface area contributed by atoms with Crippen molar-refractivity contribution in [1.82, 2.24) is 4.41 Å². The first-order chi connectivity index (χ1) is 11.9. The van der Waals surface area contributed by atoms with Gasteiger partial charge in [-0.25, -0.2) is 9.59 Å². The number of nitro groups is 1. The molecular weight excluding hydrogens is 354 g/mol. The topological polar surface area (TPSA) is 128 Å². The molecule has 0 spiro atoms.